The first-order valence-electron chi connectivity index (χ1n) is 11.4. The predicted octanol–water partition coefficient (Wildman–Crippen LogP) is 6.20. The molecule has 0 aliphatic carbocycles. The Labute approximate surface area is 246 Å². The van der Waals surface area contributed by atoms with Crippen LogP contribution in [0.4, 0.5) is 35.9 Å². The van der Waals surface area contributed by atoms with Gasteiger partial charge in [-0.2, -0.15) is 8.78 Å². The molecule has 0 aliphatic heterocycles. The van der Waals surface area contributed by atoms with E-state index in [1.807, 2.05) is 0 Å². The molecule has 13 nitrogen and oxygen atoms in total. The Morgan fingerprint density at radius 1 is 0.750 bits per heavy atom. The molecule has 4 N–H and O–H groups in total. The monoisotopic (exact) mass is 616 g/mol. The van der Waals surface area contributed by atoms with E-state index in [9.17, 15) is 47.8 Å². The standard InChI is InChI=1S/C14H9FN2O5.C7H6O2.C6H4F2N2O2.CH4/c15-12-5-11(6-13(16-8-19)14(12)17(20)21)22-10-3-1-9(7-18)2-4-10;8-5-6-1-3-7(9)4-2-6;7-3-1-4(8)6(10(11)12)5(9)2-3;/h1-8H,(H,16,19);1-5,9H;1-2H,9H2;1H4. The number of hydrogen-bond acceptors (Lipinski definition) is 10. The number of aromatic hydroxyl groups is 1. The summed E-state index contributed by atoms with van der Waals surface area (Å²) in [5.41, 5.74) is 3.43. The van der Waals surface area contributed by atoms with Crippen molar-refractivity contribution in [3.8, 4) is 17.2 Å². The topological polar surface area (TPSA) is 205 Å². The molecule has 0 unspecified atom stereocenters. The molecular weight excluding hydrogens is 593 g/mol. The predicted molar refractivity (Wildman–Crippen MR) is 152 cm³/mol. The van der Waals surface area contributed by atoms with Crippen LogP contribution >= 0.6 is 0 Å². The van der Waals surface area contributed by atoms with Crippen molar-refractivity contribution in [2.24, 2.45) is 0 Å². The van der Waals surface area contributed by atoms with Crippen molar-refractivity contribution in [1.82, 2.24) is 0 Å². The number of phenolic OH excluding ortho intramolecular Hbond substituents is 1. The highest BCUT2D eigenvalue weighted by Gasteiger charge is 2.22. The Morgan fingerprint density at radius 3 is 1.70 bits per heavy atom. The van der Waals surface area contributed by atoms with Crippen molar-refractivity contribution in [3.63, 3.8) is 0 Å². The lowest BCUT2D eigenvalue weighted by Crippen LogP contribution is -2.02. The fraction of sp³-hybridized carbons (Fsp3) is 0.0357. The molecule has 0 aromatic heterocycles. The fourth-order valence-electron chi connectivity index (χ4n) is 3.07. The third-order valence-corrected chi connectivity index (χ3v) is 4.96. The van der Waals surface area contributed by atoms with Crippen molar-refractivity contribution < 1.29 is 47.2 Å². The second-order valence-electron chi connectivity index (χ2n) is 7.90. The summed E-state index contributed by atoms with van der Waals surface area (Å²) in [6, 6.07) is 15.1. The van der Waals surface area contributed by atoms with Gasteiger partial charge in [-0.05, 0) is 48.5 Å². The van der Waals surface area contributed by atoms with Crippen molar-refractivity contribution in [2.75, 3.05) is 11.1 Å². The maximum absolute atomic E-state index is 13.8. The number of nitro groups is 2. The molecular formula is C28H23F3N4O9. The Bertz CT molecular complexity index is 1610. The van der Waals surface area contributed by atoms with Gasteiger partial charge in [0.05, 0.1) is 9.85 Å². The zero-order chi connectivity index (χ0) is 32.1. The number of phenols is 1. The lowest BCUT2D eigenvalue weighted by Gasteiger charge is -2.08. The first kappa shape index (κ1) is 35.7. The number of benzene rings is 4. The van der Waals surface area contributed by atoms with Gasteiger partial charge in [0, 0.05) is 35.4 Å². The largest absolute Gasteiger partial charge is 0.508 e. The summed E-state index contributed by atoms with van der Waals surface area (Å²) in [5.74, 6) is -2.90. The lowest BCUT2D eigenvalue weighted by atomic mass is 10.2. The highest BCUT2D eigenvalue weighted by molar-refractivity contribution is 5.79. The number of nitrogens with zero attached hydrogens (tertiary/aromatic N) is 2. The SMILES string of the molecule is C.Nc1cc(F)cc(F)c1[N+](=O)[O-].O=CNc1cc(Oc2ccc(C=O)cc2)cc(F)c1[N+](=O)[O-].O=Cc1ccc(O)cc1. The molecule has 1 amide bonds. The molecule has 230 valence electrons. The Morgan fingerprint density at radius 2 is 1.25 bits per heavy atom. The molecule has 0 saturated heterocycles. The van der Waals surface area contributed by atoms with Gasteiger partial charge in [-0.15, -0.1) is 0 Å². The van der Waals surface area contributed by atoms with Crippen molar-refractivity contribution in [2.45, 2.75) is 7.43 Å². The summed E-state index contributed by atoms with van der Waals surface area (Å²) < 4.78 is 44.1. The first-order chi connectivity index (χ1) is 20.4. The molecule has 4 rings (SSSR count). The van der Waals surface area contributed by atoms with Crippen LogP contribution in [0.25, 0.3) is 0 Å². The quantitative estimate of drug-likeness (QED) is 0.0884. The highest BCUT2D eigenvalue weighted by atomic mass is 19.1. The van der Waals surface area contributed by atoms with E-state index in [-0.39, 0.29) is 31.0 Å². The van der Waals surface area contributed by atoms with Crippen LogP contribution in [0, 0.1) is 37.7 Å². The number of carbonyl (C=O) groups is 3. The van der Waals surface area contributed by atoms with E-state index in [2.05, 4.69) is 5.32 Å². The highest BCUT2D eigenvalue weighted by Crippen LogP contribution is 2.34. The second kappa shape index (κ2) is 16.8. The van der Waals surface area contributed by atoms with Crippen molar-refractivity contribution in [3.05, 3.63) is 122 Å². The molecule has 0 radical (unpaired) electrons. The van der Waals surface area contributed by atoms with E-state index >= 15 is 0 Å². The third kappa shape index (κ3) is 10.3. The van der Waals surface area contributed by atoms with Crippen LogP contribution in [0.3, 0.4) is 0 Å². The normalized spacial score (nSPS) is 9.43. The van der Waals surface area contributed by atoms with E-state index in [1.165, 1.54) is 36.4 Å². The maximum atomic E-state index is 13.8. The maximum Gasteiger partial charge on any atom is 0.328 e. The number of nitrogen functional groups attached to an aromatic ring is 1. The first-order valence-corrected chi connectivity index (χ1v) is 11.4. The van der Waals surface area contributed by atoms with E-state index in [0.29, 0.717) is 35.3 Å². The summed E-state index contributed by atoms with van der Waals surface area (Å²) in [5, 5.41) is 31.7. The number of aldehydes is 2. The van der Waals surface area contributed by atoms with Crippen LogP contribution in [-0.4, -0.2) is 33.9 Å². The van der Waals surface area contributed by atoms with Gasteiger partial charge in [0.2, 0.25) is 18.0 Å². The molecule has 0 spiro atoms. The number of nitrogens with one attached hydrogen (secondary N) is 1. The number of rotatable bonds is 8. The summed E-state index contributed by atoms with van der Waals surface area (Å²) in [4.78, 5) is 50.0. The second-order valence-corrected chi connectivity index (χ2v) is 7.90. The van der Waals surface area contributed by atoms with Gasteiger partial charge >= 0.3 is 11.4 Å². The van der Waals surface area contributed by atoms with E-state index in [0.717, 1.165) is 18.4 Å². The van der Waals surface area contributed by atoms with Crippen molar-refractivity contribution >= 4 is 41.7 Å². The molecule has 16 heteroatoms. The Kier molecular flexibility index (Phi) is 13.7. The Hall–Kier alpha value is -6.32. The van der Waals surface area contributed by atoms with E-state index in [1.54, 1.807) is 12.1 Å². The number of amides is 1. The van der Waals surface area contributed by atoms with Crippen LogP contribution in [0.2, 0.25) is 0 Å². The zero-order valence-electron chi connectivity index (χ0n) is 21.5. The van der Waals surface area contributed by atoms with Gasteiger partial charge in [-0.3, -0.25) is 34.6 Å². The summed E-state index contributed by atoms with van der Waals surface area (Å²) in [6.45, 7) is 0. The van der Waals surface area contributed by atoms with Crippen LogP contribution in [-0.2, 0) is 4.79 Å². The number of halogens is 3. The lowest BCUT2D eigenvalue weighted by molar-refractivity contribution is -0.386. The van der Waals surface area contributed by atoms with Crippen LogP contribution < -0.4 is 15.8 Å². The molecule has 0 atom stereocenters. The molecule has 4 aromatic carbocycles. The third-order valence-electron chi connectivity index (χ3n) is 4.96. The molecule has 44 heavy (non-hydrogen) atoms. The summed E-state index contributed by atoms with van der Waals surface area (Å²) in [7, 11) is 0. The fourth-order valence-corrected chi connectivity index (χ4v) is 3.07. The molecule has 0 saturated carbocycles. The molecule has 0 fully saturated rings. The zero-order valence-corrected chi connectivity index (χ0v) is 21.5. The minimum Gasteiger partial charge on any atom is -0.508 e. The van der Waals surface area contributed by atoms with Gasteiger partial charge < -0.3 is 20.9 Å². The average Bonchev–Trinajstić information content (AvgIpc) is 2.93. The number of nitro benzene ring substituents is 2. The minimum atomic E-state index is -1.27. The van der Waals surface area contributed by atoms with Gasteiger partial charge in [-0.1, -0.05) is 7.43 Å². The molecule has 0 heterocycles. The minimum absolute atomic E-state index is 0. The molecule has 0 aliphatic rings. The Balaban J connectivity index is 0.000000369. The number of nitrogens with two attached hydrogens (primary N) is 1. The smallest absolute Gasteiger partial charge is 0.328 e. The number of hydrogen-bond donors (Lipinski definition) is 3. The van der Waals surface area contributed by atoms with Crippen LogP contribution in [0.1, 0.15) is 28.1 Å². The number of anilines is 2. The summed E-state index contributed by atoms with van der Waals surface area (Å²) >= 11 is 0. The van der Waals surface area contributed by atoms with Gasteiger partial charge in [-0.25, -0.2) is 4.39 Å². The van der Waals surface area contributed by atoms with Crippen LogP contribution in [0.5, 0.6) is 17.2 Å². The summed E-state index contributed by atoms with van der Waals surface area (Å²) in [6.07, 6.45) is 1.59. The van der Waals surface area contributed by atoms with Gasteiger partial charge in [0.25, 0.3) is 0 Å². The van der Waals surface area contributed by atoms with E-state index in [4.69, 9.17) is 15.6 Å². The number of carbonyl (C=O) groups excluding carboxylic acids is 3. The van der Waals surface area contributed by atoms with E-state index < -0.39 is 44.4 Å². The van der Waals surface area contributed by atoms with Gasteiger partial charge in [0.15, 0.2) is 0 Å². The molecule has 4 aromatic rings. The average molecular weight is 617 g/mol. The van der Waals surface area contributed by atoms with Gasteiger partial charge in [0.1, 0.15) is 47.0 Å². The number of ether oxygens (including phenoxy) is 1. The molecule has 0 bridgehead atoms. The van der Waals surface area contributed by atoms with Crippen LogP contribution in [0.15, 0.2) is 72.8 Å². The van der Waals surface area contributed by atoms with Crippen molar-refractivity contribution in [1.29, 1.82) is 0 Å².